The standard InChI is InChI=1S/C21H24N2S/c1-16-4-2-3-5-18(16)15-23(19-8-11-22-12-9-19)20-6-7-21-17(14-20)10-13-24-21/h2-7,10,13-14,19,22H,8-9,11-12,15H2,1H3. The van der Waals surface area contributed by atoms with Crippen LogP contribution in [0.1, 0.15) is 24.0 Å². The van der Waals surface area contributed by atoms with Crippen LogP contribution in [0.15, 0.2) is 53.9 Å². The van der Waals surface area contributed by atoms with E-state index in [4.69, 9.17) is 0 Å². The zero-order chi connectivity index (χ0) is 16.4. The molecule has 0 atom stereocenters. The predicted octanol–water partition coefficient (Wildman–Crippen LogP) is 4.97. The van der Waals surface area contributed by atoms with Crippen LogP contribution in [0.4, 0.5) is 5.69 Å². The molecule has 2 nitrogen and oxygen atoms in total. The van der Waals surface area contributed by atoms with E-state index in [2.05, 4.69) is 71.1 Å². The van der Waals surface area contributed by atoms with E-state index in [1.54, 1.807) is 0 Å². The van der Waals surface area contributed by atoms with Crippen LogP contribution in [0.25, 0.3) is 10.1 Å². The summed E-state index contributed by atoms with van der Waals surface area (Å²) in [6, 6.07) is 18.6. The molecule has 0 spiro atoms. The molecule has 24 heavy (non-hydrogen) atoms. The van der Waals surface area contributed by atoms with Crippen molar-refractivity contribution >= 4 is 27.1 Å². The van der Waals surface area contributed by atoms with Gasteiger partial charge in [-0.1, -0.05) is 24.3 Å². The Bertz CT molecular complexity index is 817. The molecule has 2 heterocycles. The predicted molar refractivity (Wildman–Crippen MR) is 105 cm³/mol. The summed E-state index contributed by atoms with van der Waals surface area (Å²) in [5, 5.41) is 7.04. The van der Waals surface area contributed by atoms with Gasteiger partial charge in [0.15, 0.2) is 0 Å². The number of nitrogens with zero attached hydrogens (tertiary/aromatic N) is 1. The minimum Gasteiger partial charge on any atom is -0.364 e. The van der Waals surface area contributed by atoms with E-state index in [0.29, 0.717) is 6.04 Å². The van der Waals surface area contributed by atoms with E-state index in [9.17, 15) is 0 Å². The minimum absolute atomic E-state index is 0.613. The van der Waals surface area contributed by atoms with E-state index in [1.807, 2.05) is 11.3 Å². The van der Waals surface area contributed by atoms with Crippen molar-refractivity contribution in [2.75, 3.05) is 18.0 Å². The van der Waals surface area contributed by atoms with Crippen LogP contribution in [-0.2, 0) is 6.54 Å². The third-order valence-electron chi connectivity index (χ3n) is 5.12. The van der Waals surface area contributed by atoms with Crippen molar-refractivity contribution in [1.29, 1.82) is 0 Å². The van der Waals surface area contributed by atoms with E-state index >= 15 is 0 Å². The highest BCUT2D eigenvalue weighted by atomic mass is 32.1. The zero-order valence-corrected chi connectivity index (χ0v) is 15.0. The van der Waals surface area contributed by atoms with E-state index in [0.717, 1.165) is 19.6 Å². The van der Waals surface area contributed by atoms with Crippen LogP contribution in [0, 0.1) is 6.92 Å². The quantitative estimate of drug-likeness (QED) is 0.724. The van der Waals surface area contributed by atoms with Crippen LogP contribution in [0.3, 0.4) is 0 Å². The molecular formula is C21H24N2S. The molecule has 1 aliphatic heterocycles. The van der Waals surface area contributed by atoms with Gasteiger partial charge < -0.3 is 10.2 Å². The molecule has 1 aliphatic rings. The Morgan fingerprint density at radius 1 is 1.08 bits per heavy atom. The second kappa shape index (κ2) is 6.96. The molecule has 124 valence electrons. The van der Waals surface area contributed by atoms with Gasteiger partial charge in [-0.15, -0.1) is 11.3 Å². The topological polar surface area (TPSA) is 15.3 Å². The minimum atomic E-state index is 0.613. The Morgan fingerprint density at radius 2 is 1.92 bits per heavy atom. The number of hydrogen-bond donors (Lipinski definition) is 1. The molecule has 0 aliphatic carbocycles. The largest absolute Gasteiger partial charge is 0.364 e. The number of thiophene rings is 1. The second-order valence-corrected chi connectivity index (χ2v) is 7.63. The van der Waals surface area contributed by atoms with E-state index in [1.165, 1.54) is 39.7 Å². The monoisotopic (exact) mass is 336 g/mol. The number of anilines is 1. The van der Waals surface area contributed by atoms with Crippen molar-refractivity contribution in [3.63, 3.8) is 0 Å². The lowest BCUT2D eigenvalue weighted by Crippen LogP contribution is -2.43. The molecule has 1 N–H and O–H groups in total. The third kappa shape index (κ3) is 3.19. The summed E-state index contributed by atoms with van der Waals surface area (Å²) in [6.07, 6.45) is 2.43. The second-order valence-electron chi connectivity index (χ2n) is 6.68. The summed E-state index contributed by atoms with van der Waals surface area (Å²) in [6.45, 7) is 5.45. The number of piperidine rings is 1. The van der Waals surface area contributed by atoms with Crippen LogP contribution in [0.5, 0.6) is 0 Å². The first kappa shape index (κ1) is 15.7. The average Bonchev–Trinajstić information content (AvgIpc) is 3.09. The number of benzene rings is 2. The maximum Gasteiger partial charge on any atom is 0.0435 e. The van der Waals surface area contributed by atoms with Gasteiger partial charge >= 0.3 is 0 Å². The first-order valence-electron chi connectivity index (χ1n) is 8.80. The van der Waals surface area contributed by atoms with Crippen molar-refractivity contribution in [2.24, 2.45) is 0 Å². The van der Waals surface area contributed by atoms with Gasteiger partial charge in [-0.2, -0.15) is 0 Å². The molecule has 1 aromatic heterocycles. The normalized spacial score (nSPS) is 15.7. The van der Waals surface area contributed by atoms with Crippen LogP contribution >= 0.6 is 11.3 Å². The number of aryl methyl sites for hydroxylation is 1. The molecule has 1 fully saturated rings. The summed E-state index contributed by atoms with van der Waals surface area (Å²) in [7, 11) is 0. The average molecular weight is 337 g/mol. The fourth-order valence-corrected chi connectivity index (χ4v) is 4.42. The summed E-state index contributed by atoms with van der Waals surface area (Å²) in [5.74, 6) is 0. The Kier molecular flexibility index (Phi) is 4.54. The van der Waals surface area contributed by atoms with Crippen LogP contribution in [-0.4, -0.2) is 19.1 Å². The maximum absolute atomic E-state index is 3.50. The lowest BCUT2D eigenvalue weighted by atomic mass is 10.0. The van der Waals surface area contributed by atoms with Gasteiger partial charge in [-0.25, -0.2) is 0 Å². The SMILES string of the molecule is Cc1ccccc1CN(c1ccc2sccc2c1)C1CCNCC1. The van der Waals surface area contributed by atoms with Crippen molar-refractivity contribution in [1.82, 2.24) is 5.32 Å². The van der Waals surface area contributed by atoms with Gasteiger partial charge in [0, 0.05) is 23.0 Å². The number of hydrogen-bond acceptors (Lipinski definition) is 3. The Balaban J connectivity index is 1.70. The van der Waals surface area contributed by atoms with E-state index in [-0.39, 0.29) is 0 Å². The summed E-state index contributed by atoms with van der Waals surface area (Å²) < 4.78 is 1.37. The molecule has 0 unspecified atom stereocenters. The molecule has 0 amide bonds. The van der Waals surface area contributed by atoms with Gasteiger partial charge in [0.25, 0.3) is 0 Å². The summed E-state index contributed by atoms with van der Waals surface area (Å²) >= 11 is 1.82. The molecule has 2 aromatic carbocycles. The van der Waals surface area contributed by atoms with Crippen LogP contribution < -0.4 is 10.2 Å². The van der Waals surface area contributed by atoms with Gasteiger partial charge in [0.05, 0.1) is 0 Å². The molecule has 3 heteroatoms. The summed E-state index contributed by atoms with van der Waals surface area (Å²) in [5.41, 5.74) is 4.17. The third-order valence-corrected chi connectivity index (χ3v) is 6.02. The highest BCUT2D eigenvalue weighted by Gasteiger charge is 2.22. The molecule has 0 saturated carbocycles. The smallest absolute Gasteiger partial charge is 0.0435 e. The first-order chi connectivity index (χ1) is 11.8. The number of fused-ring (bicyclic) bond motifs is 1. The van der Waals surface area contributed by atoms with E-state index < -0.39 is 0 Å². The van der Waals surface area contributed by atoms with Gasteiger partial charge in [0.2, 0.25) is 0 Å². The van der Waals surface area contributed by atoms with Crippen molar-refractivity contribution in [3.8, 4) is 0 Å². The molecular weight excluding hydrogens is 312 g/mol. The Hall–Kier alpha value is -1.84. The number of rotatable bonds is 4. The molecule has 0 radical (unpaired) electrons. The van der Waals surface area contributed by atoms with Crippen molar-refractivity contribution < 1.29 is 0 Å². The van der Waals surface area contributed by atoms with Crippen molar-refractivity contribution in [2.45, 2.75) is 32.4 Å². The zero-order valence-electron chi connectivity index (χ0n) is 14.2. The van der Waals surface area contributed by atoms with Crippen molar-refractivity contribution in [3.05, 3.63) is 65.0 Å². The van der Waals surface area contributed by atoms with Gasteiger partial charge in [0.1, 0.15) is 0 Å². The molecule has 1 saturated heterocycles. The molecule has 0 bridgehead atoms. The van der Waals surface area contributed by atoms with Gasteiger partial charge in [-0.05, 0) is 79.0 Å². The highest BCUT2D eigenvalue weighted by Crippen LogP contribution is 2.30. The fraction of sp³-hybridized carbons (Fsp3) is 0.333. The maximum atomic E-state index is 3.50. The highest BCUT2D eigenvalue weighted by molar-refractivity contribution is 7.17. The number of nitrogens with one attached hydrogen (secondary N) is 1. The molecule has 4 rings (SSSR count). The lowest BCUT2D eigenvalue weighted by molar-refractivity contribution is 0.428. The first-order valence-corrected chi connectivity index (χ1v) is 9.68. The summed E-state index contributed by atoms with van der Waals surface area (Å²) in [4.78, 5) is 2.63. The molecule has 3 aromatic rings. The Labute approximate surface area is 148 Å². The van der Waals surface area contributed by atoms with Crippen LogP contribution in [0.2, 0.25) is 0 Å². The van der Waals surface area contributed by atoms with Gasteiger partial charge in [-0.3, -0.25) is 0 Å². The lowest BCUT2D eigenvalue weighted by Gasteiger charge is -2.37. The Morgan fingerprint density at radius 3 is 2.75 bits per heavy atom. The fourth-order valence-electron chi connectivity index (χ4n) is 3.65.